The highest BCUT2D eigenvalue weighted by atomic mass is 16.7. The molecule has 4 aromatic rings. The molecule has 8 heteroatoms. The molecule has 1 aliphatic heterocycles. The van der Waals surface area contributed by atoms with Crippen LogP contribution in [-0.2, 0) is 4.74 Å². The lowest BCUT2D eigenvalue weighted by Crippen LogP contribution is -2.13. The van der Waals surface area contributed by atoms with E-state index in [0.717, 1.165) is 6.42 Å². The standard InChI is InChI=1S/C23H22N4O4/c1-3-13(2)11-29-23(28)19-20-22(26-16-7-5-4-6-15(16)25-20)27(21(19)24)14-8-9-17-18(10-14)31-12-30-17/h4-10,13H,3,11-12,24H2,1-2H3/t13-/m0/s1. The Kier molecular flexibility index (Phi) is 4.62. The molecule has 1 aliphatic rings. The second-order valence-corrected chi connectivity index (χ2v) is 7.63. The molecule has 8 nitrogen and oxygen atoms in total. The number of benzene rings is 2. The van der Waals surface area contributed by atoms with Crippen LogP contribution in [0.15, 0.2) is 42.5 Å². The van der Waals surface area contributed by atoms with Gasteiger partial charge in [0, 0.05) is 6.07 Å². The molecule has 0 aliphatic carbocycles. The first-order valence-corrected chi connectivity index (χ1v) is 10.2. The average Bonchev–Trinajstić information content (AvgIpc) is 3.36. The summed E-state index contributed by atoms with van der Waals surface area (Å²) in [6.45, 7) is 4.56. The summed E-state index contributed by atoms with van der Waals surface area (Å²) in [6.07, 6.45) is 0.909. The fourth-order valence-electron chi connectivity index (χ4n) is 3.56. The quantitative estimate of drug-likeness (QED) is 0.487. The number of hydrogen-bond donors (Lipinski definition) is 1. The van der Waals surface area contributed by atoms with Crippen molar-refractivity contribution in [3.8, 4) is 17.2 Å². The highest BCUT2D eigenvalue weighted by molar-refractivity contribution is 6.09. The van der Waals surface area contributed by atoms with Gasteiger partial charge in [0.05, 0.1) is 23.3 Å². The van der Waals surface area contributed by atoms with Crippen LogP contribution >= 0.6 is 0 Å². The molecule has 3 heterocycles. The fourth-order valence-corrected chi connectivity index (χ4v) is 3.56. The molecule has 0 unspecified atom stereocenters. The van der Waals surface area contributed by atoms with Crippen LogP contribution in [0.2, 0.25) is 0 Å². The van der Waals surface area contributed by atoms with E-state index in [1.54, 1.807) is 10.6 Å². The van der Waals surface area contributed by atoms with Gasteiger partial charge in [-0.3, -0.25) is 4.57 Å². The monoisotopic (exact) mass is 418 g/mol. The number of nitrogens with two attached hydrogens (primary N) is 1. The Hall–Kier alpha value is -3.81. The minimum Gasteiger partial charge on any atom is -0.462 e. The van der Waals surface area contributed by atoms with Gasteiger partial charge >= 0.3 is 5.97 Å². The van der Waals surface area contributed by atoms with Crippen molar-refractivity contribution in [1.82, 2.24) is 14.5 Å². The zero-order valence-corrected chi connectivity index (χ0v) is 17.3. The molecule has 31 heavy (non-hydrogen) atoms. The van der Waals surface area contributed by atoms with Crippen molar-refractivity contribution in [2.45, 2.75) is 20.3 Å². The number of carbonyl (C=O) groups excluding carboxylic acids is 1. The Morgan fingerprint density at radius 2 is 1.90 bits per heavy atom. The number of anilines is 1. The molecule has 0 spiro atoms. The lowest BCUT2D eigenvalue weighted by Gasteiger charge is -2.10. The summed E-state index contributed by atoms with van der Waals surface area (Å²) in [4.78, 5) is 22.5. The molecule has 0 radical (unpaired) electrons. The van der Waals surface area contributed by atoms with E-state index >= 15 is 0 Å². The molecule has 2 N–H and O–H groups in total. The number of nitrogens with zero attached hydrogens (tertiary/aromatic N) is 3. The van der Waals surface area contributed by atoms with Gasteiger partial charge in [0.15, 0.2) is 17.1 Å². The maximum absolute atomic E-state index is 13.0. The molecule has 0 amide bonds. The van der Waals surface area contributed by atoms with Gasteiger partial charge in [-0.05, 0) is 30.2 Å². The number of rotatable bonds is 5. The van der Waals surface area contributed by atoms with Gasteiger partial charge in [-0.15, -0.1) is 0 Å². The number of aromatic nitrogens is 3. The van der Waals surface area contributed by atoms with Crippen LogP contribution in [0.1, 0.15) is 30.6 Å². The third-order valence-electron chi connectivity index (χ3n) is 5.51. The fraction of sp³-hybridized carbons (Fsp3) is 0.261. The molecule has 0 bridgehead atoms. The summed E-state index contributed by atoms with van der Waals surface area (Å²) in [7, 11) is 0. The van der Waals surface area contributed by atoms with E-state index < -0.39 is 5.97 Å². The van der Waals surface area contributed by atoms with Crippen LogP contribution in [0.5, 0.6) is 11.5 Å². The van der Waals surface area contributed by atoms with Gasteiger partial charge in [-0.25, -0.2) is 14.8 Å². The molecule has 0 saturated heterocycles. The van der Waals surface area contributed by atoms with Gasteiger partial charge in [-0.2, -0.15) is 0 Å². The van der Waals surface area contributed by atoms with Crippen molar-refractivity contribution in [3.63, 3.8) is 0 Å². The lowest BCUT2D eigenvalue weighted by molar-refractivity contribution is 0.0450. The zero-order chi connectivity index (χ0) is 21.5. The Morgan fingerprint density at radius 1 is 1.16 bits per heavy atom. The highest BCUT2D eigenvalue weighted by Gasteiger charge is 2.27. The number of ether oxygens (including phenoxy) is 3. The Labute approximate surface area is 178 Å². The molecule has 2 aromatic heterocycles. The normalized spacial score (nSPS) is 13.6. The van der Waals surface area contributed by atoms with Crippen molar-refractivity contribution in [2.24, 2.45) is 5.92 Å². The van der Waals surface area contributed by atoms with Crippen molar-refractivity contribution in [2.75, 3.05) is 19.1 Å². The minimum absolute atomic E-state index is 0.165. The predicted octanol–water partition coefficient (Wildman–Crippen LogP) is 4.09. The van der Waals surface area contributed by atoms with Crippen LogP contribution in [0.4, 0.5) is 5.82 Å². The summed E-state index contributed by atoms with van der Waals surface area (Å²) >= 11 is 0. The molecule has 0 saturated carbocycles. The Morgan fingerprint density at radius 3 is 2.68 bits per heavy atom. The number of hydrogen-bond acceptors (Lipinski definition) is 7. The van der Waals surface area contributed by atoms with E-state index in [1.807, 2.05) is 43.3 Å². The lowest BCUT2D eigenvalue weighted by atomic mass is 10.1. The SMILES string of the molecule is CC[C@H](C)COC(=O)c1c(N)n(-c2ccc3c(c2)OCO3)c2nc3ccccc3nc12. The Bertz CT molecular complexity index is 1310. The third-order valence-corrected chi connectivity index (χ3v) is 5.51. The maximum Gasteiger partial charge on any atom is 0.344 e. The van der Waals surface area contributed by atoms with Crippen molar-refractivity contribution in [3.05, 3.63) is 48.0 Å². The van der Waals surface area contributed by atoms with Crippen molar-refractivity contribution < 1.29 is 19.0 Å². The molecule has 1 atom stereocenters. The van der Waals surface area contributed by atoms with Crippen molar-refractivity contribution in [1.29, 1.82) is 0 Å². The molecule has 5 rings (SSSR count). The Balaban J connectivity index is 1.72. The molecule has 2 aromatic carbocycles. The number of carbonyl (C=O) groups is 1. The van der Waals surface area contributed by atoms with Gasteiger partial charge in [0.25, 0.3) is 0 Å². The topological polar surface area (TPSA) is 101 Å². The number of fused-ring (bicyclic) bond motifs is 3. The molecule has 0 fully saturated rings. The smallest absolute Gasteiger partial charge is 0.344 e. The second-order valence-electron chi connectivity index (χ2n) is 7.63. The third kappa shape index (κ3) is 3.20. The average molecular weight is 418 g/mol. The van der Waals surface area contributed by atoms with Gasteiger partial charge in [0.2, 0.25) is 6.79 Å². The maximum atomic E-state index is 13.0. The van der Waals surface area contributed by atoms with Gasteiger partial charge in [0.1, 0.15) is 16.9 Å². The molecular formula is C23H22N4O4. The first-order valence-electron chi connectivity index (χ1n) is 10.2. The van der Waals surface area contributed by atoms with Gasteiger partial charge in [-0.1, -0.05) is 32.4 Å². The number of nitrogen functional groups attached to an aromatic ring is 1. The van der Waals surface area contributed by atoms with E-state index in [1.165, 1.54) is 0 Å². The van der Waals surface area contributed by atoms with Crippen LogP contribution < -0.4 is 15.2 Å². The summed E-state index contributed by atoms with van der Waals surface area (Å²) < 4.78 is 18.2. The van der Waals surface area contributed by atoms with Crippen molar-refractivity contribution >= 4 is 34.0 Å². The van der Waals surface area contributed by atoms with Crippen LogP contribution in [-0.4, -0.2) is 33.9 Å². The van der Waals surface area contributed by atoms with E-state index in [4.69, 9.17) is 29.9 Å². The molecular weight excluding hydrogens is 396 g/mol. The zero-order valence-electron chi connectivity index (χ0n) is 17.3. The largest absolute Gasteiger partial charge is 0.462 e. The first-order chi connectivity index (χ1) is 15.1. The van der Waals surface area contributed by atoms with E-state index in [-0.39, 0.29) is 24.1 Å². The second kappa shape index (κ2) is 7.46. The highest BCUT2D eigenvalue weighted by Crippen LogP contribution is 2.37. The van der Waals surface area contributed by atoms with Crippen LogP contribution in [0.3, 0.4) is 0 Å². The van der Waals surface area contributed by atoms with E-state index in [2.05, 4.69) is 6.92 Å². The van der Waals surface area contributed by atoms with Gasteiger partial charge < -0.3 is 19.9 Å². The summed E-state index contributed by atoms with van der Waals surface area (Å²) in [5, 5.41) is 0. The summed E-state index contributed by atoms with van der Waals surface area (Å²) in [6, 6.07) is 12.9. The van der Waals surface area contributed by atoms with E-state index in [9.17, 15) is 4.79 Å². The number of para-hydroxylation sites is 2. The minimum atomic E-state index is -0.508. The summed E-state index contributed by atoms with van der Waals surface area (Å²) in [5.41, 5.74) is 9.68. The molecule has 158 valence electrons. The van der Waals surface area contributed by atoms with Crippen LogP contribution in [0, 0.1) is 5.92 Å². The number of esters is 1. The van der Waals surface area contributed by atoms with Crippen LogP contribution in [0.25, 0.3) is 27.9 Å². The summed E-state index contributed by atoms with van der Waals surface area (Å²) in [5.74, 6) is 1.22. The predicted molar refractivity (Wildman–Crippen MR) is 117 cm³/mol. The first kappa shape index (κ1) is 19.2. The van der Waals surface area contributed by atoms with E-state index in [0.29, 0.717) is 46.0 Å².